The molecule has 0 spiro atoms. The van der Waals surface area contributed by atoms with Gasteiger partial charge in [-0.1, -0.05) is 29.8 Å². The molecule has 4 rings (SSSR count). The molecule has 3 aromatic rings. The van der Waals surface area contributed by atoms with E-state index in [2.05, 4.69) is 28.5 Å². The number of nitrogens with zero attached hydrogens (tertiary/aromatic N) is 2. The summed E-state index contributed by atoms with van der Waals surface area (Å²) in [6.45, 7) is 2.71. The topological polar surface area (TPSA) is 56.4 Å². The summed E-state index contributed by atoms with van der Waals surface area (Å²) in [4.78, 5) is 29.2. The second-order valence-corrected chi connectivity index (χ2v) is 9.41. The molecular weight excluding hydrogens is 418 g/mol. The van der Waals surface area contributed by atoms with Crippen LogP contribution in [0.5, 0.6) is 0 Å². The van der Waals surface area contributed by atoms with Gasteiger partial charge in [-0.15, -0.1) is 0 Å². The van der Waals surface area contributed by atoms with E-state index in [0.29, 0.717) is 16.3 Å². The molecule has 7 heteroatoms. The summed E-state index contributed by atoms with van der Waals surface area (Å²) >= 11 is 8.00. The maximum Gasteiger partial charge on any atom is 0.256 e. The predicted molar refractivity (Wildman–Crippen MR) is 124 cm³/mol. The number of amides is 1. The molecule has 1 aromatic heterocycles. The van der Waals surface area contributed by atoms with Gasteiger partial charge in [0, 0.05) is 46.0 Å². The summed E-state index contributed by atoms with van der Waals surface area (Å²) in [7, 11) is 2.10. The minimum atomic E-state index is -0.135. The number of benzene rings is 2. The molecule has 5 nitrogen and oxygen atoms in total. The zero-order chi connectivity index (χ0) is 21.1. The van der Waals surface area contributed by atoms with Crippen molar-refractivity contribution in [3.05, 3.63) is 63.9 Å². The molecule has 0 aliphatic carbocycles. The SMILES string of the molecule is CN(CC1CCN(C=O)CC1)Sc1ccc(-c2cc3c(Cl)cccc3c(=O)[nH]2)cc1. The number of H-pyrrole nitrogens is 1. The van der Waals surface area contributed by atoms with E-state index in [4.69, 9.17) is 11.6 Å². The number of carbonyl (C=O) groups is 1. The molecule has 0 atom stereocenters. The van der Waals surface area contributed by atoms with Gasteiger partial charge < -0.3 is 9.88 Å². The van der Waals surface area contributed by atoms with Gasteiger partial charge in [0.1, 0.15) is 0 Å². The summed E-state index contributed by atoms with van der Waals surface area (Å²) in [6.07, 6.45) is 3.06. The standard InChI is InChI=1S/C23H24ClN3O2S/c1-26(14-16-9-11-27(15-28)12-10-16)30-18-7-5-17(6-8-18)22-13-20-19(23(29)25-22)3-2-4-21(20)24/h2-8,13,15-16H,9-12,14H2,1H3,(H,25,29). The van der Waals surface area contributed by atoms with Crippen LogP contribution in [-0.4, -0.2) is 47.3 Å². The Morgan fingerprint density at radius 3 is 2.60 bits per heavy atom. The van der Waals surface area contributed by atoms with Crippen LogP contribution in [0.3, 0.4) is 0 Å². The third kappa shape index (κ3) is 4.72. The van der Waals surface area contributed by atoms with E-state index >= 15 is 0 Å². The number of halogens is 1. The molecule has 30 heavy (non-hydrogen) atoms. The predicted octanol–water partition coefficient (Wildman–Crippen LogP) is 4.66. The van der Waals surface area contributed by atoms with Crippen molar-refractivity contribution in [2.45, 2.75) is 17.7 Å². The fraction of sp³-hybridized carbons (Fsp3) is 0.304. The molecule has 1 amide bonds. The van der Waals surface area contributed by atoms with Crippen LogP contribution in [0.15, 0.2) is 58.2 Å². The lowest BCUT2D eigenvalue weighted by atomic mass is 9.97. The van der Waals surface area contributed by atoms with Crippen molar-refractivity contribution in [3.63, 3.8) is 0 Å². The Labute approximate surface area is 185 Å². The van der Waals surface area contributed by atoms with Crippen LogP contribution in [0.25, 0.3) is 22.0 Å². The van der Waals surface area contributed by atoms with E-state index < -0.39 is 0 Å². The van der Waals surface area contributed by atoms with Gasteiger partial charge in [-0.25, -0.2) is 4.31 Å². The molecule has 1 N–H and O–H groups in total. The highest BCUT2D eigenvalue weighted by molar-refractivity contribution is 7.97. The first-order valence-electron chi connectivity index (χ1n) is 10.0. The van der Waals surface area contributed by atoms with Crippen molar-refractivity contribution in [3.8, 4) is 11.3 Å². The number of aromatic amines is 1. The Morgan fingerprint density at radius 2 is 1.90 bits per heavy atom. The zero-order valence-corrected chi connectivity index (χ0v) is 18.4. The smallest absolute Gasteiger partial charge is 0.256 e. The minimum absolute atomic E-state index is 0.135. The lowest BCUT2D eigenvalue weighted by Crippen LogP contribution is -2.35. The average molecular weight is 442 g/mol. The monoisotopic (exact) mass is 441 g/mol. The molecular formula is C23H24ClN3O2S. The van der Waals surface area contributed by atoms with Crippen LogP contribution < -0.4 is 5.56 Å². The Kier molecular flexibility index (Phi) is 6.46. The maximum absolute atomic E-state index is 12.4. The Hall–Kier alpha value is -2.28. The van der Waals surface area contributed by atoms with Gasteiger partial charge in [0.25, 0.3) is 5.56 Å². The summed E-state index contributed by atoms with van der Waals surface area (Å²) < 4.78 is 2.26. The van der Waals surface area contributed by atoms with Crippen molar-refractivity contribution in [2.75, 3.05) is 26.7 Å². The summed E-state index contributed by atoms with van der Waals surface area (Å²) in [5, 5.41) is 1.93. The fourth-order valence-corrected chi connectivity index (χ4v) is 5.06. The molecule has 1 fully saturated rings. The first kappa shape index (κ1) is 21.0. The molecule has 2 heterocycles. The molecule has 156 valence electrons. The third-order valence-corrected chi connectivity index (χ3v) is 6.85. The highest BCUT2D eigenvalue weighted by Gasteiger charge is 2.19. The number of aromatic nitrogens is 1. The van der Waals surface area contributed by atoms with Gasteiger partial charge in [-0.05, 0) is 73.7 Å². The van der Waals surface area contributed by atoms with E-state index in [0.717, 1.165) is 60.4 Å². The second kappa shape index (κ2) is 9.25. The van der Waals surface area contributed by atoms with Gasteiger partial charge >= 0.3 is 0 Å². The normalized spacial score (nSPS) is 15.1. The Balaban J connectivity index is 1.43. The zero-order valence-electron chi connectivity index (χ0n) is 16.8. The largest absolute Gasteiger partial charge is 0.345 e. The number of hydrogen-bond donors (Lipinski definition) is 1. The quantitative estimate of drug-likeness (QED) is 0.446. The van der Waals surface area contributed by atoms with Crippen molar-refractivity contribution in [1.29, 1.82) is 0 Å². The van der Waals surface area contributed by atoms with Crippen molar-refractivity contribution in [1.82, 2.24) is 14.2 Å². The minimum Gasteiger partial charge on any atom is -0.345 e. The molecule has 1 aliphatic rings. The molecule has 0 saturated carbocycles. The van der Waals surface area contributed by atoms with E-state index in [-0.39, 0.29) is 5.56 Å². The van der Waals surface area contributed by atoms with E-state index in [1.807, 2.05) is 23.1 Å². The number of nitrogens with one attached hydrogen (secondary N) is 1. The van der Waals surface area contributed by atoms with Crippen LogP contribution in [0.1, 0.15) is 12.8 Å². The lowest BCUT2D eigenvalue weighted by molar-refractivity contribution is -0.119. The first-order chi connectivity index (χ1) is 14.5. The highest BCUT2D eigenvalue weighted by atomic mass is 35.5. The molecule has 1 saturated heterocycles. The van der Waals surface area contributed by atoms with Crippen LogP contribution >= 0.6 is 23.5 Å². The van der Waals surface area contributed by atoms with Gasteiger partial charge in [0.15, 0.2) is 0 Å². The number of pyridine rings is 1. The number of rotatable bonds is 6. The van der Waals surface area contributed by atoms with Crippen LogP contribution in [-0.2, 0) is 4.79 Å². The third-order valence-electron chi connectivity index (χ3n) is 5.57. The Morgan fingerprint density at radius 1 is 1.17 bits per heavy atom. The summed E-state index contributed by atoms with van der Waals surface area (Å²) in [5.41, 5.74) is 1.57. The van der Waals surface area contributed by atoms with Gasteiger partial charge in [0.2, 0.25) is 6.41 Å². The average Bonchev–Trinajstić information content (AvgIpc) is 2.75. The fourth-order valence-electron chi connectivity index (χ4n) is 3.92. The summed E-state index contributed by atoms with van der Waals surface area (Å²) in [6, 6.07) is 15.5. The molecule has 0 unspecified atom stereocenters. The number of likely N-dealkylation sites (tertiary alicyclic amines) is 1. The first-order valence-corrected chi connectivity index (χ1v) is 11.2. The maximum atomic E-state index is 12.4. The molecule has 1 aliphatic heterocycles. The molecule has 0 bridgehead atoms. The van der Waals surface area contributed by atoms with Gasteiger partial charge in [-0.2, -0.15) is 0 Å². The number of piperidine rings is 1. The lowest BCUT2D eigenvalue weighted by Gasteiger charge is -2.31. The van der Waals surface area contributed by atoms with E-state index in [9.17, 15) is 9.59 Å². The van der Waals surface area contributed by atoms with Gasteiger partial charge in [0.05, 0.1) is 0 Å². The van der Waals surface area contributed by atoms with Crippen LogP contribution in [0.2, 0.25) is 5.02 Å². The number of hydrogen-bond acceptors (Lipinski definition) is 4. The summed E-state index contributed by atoms with van der Waals surface area (Å²) in [5.74, 6) is 0.616. The van der Waals surface area contributed by atoms with E-state index in [1.165, 1.54) is 0 Å². The Bertz CT molecular complexity index is 1090. The number of carbonyl (C=O) groups excluding carboxylic acids is 1. The van der Waals surface area contributed by atoms with Crippen molar-refractivity contribution < 1.29 is 4.79 Å². The van der Waals surface area contributed by atoms with Crippen LogP contribution in [0, 0.1) is 5.92 Å². The van der Waals surface area contributed by atoms with Gasteiger partial charge in [-0.3, -0.25) is 9.59 Å². The van der Waals surface area contributed by atoms with Crippen molar-refractivity contribution >= 4 is 40.7 Å². The highest BCUT2D eigenvalue weighted by Crippen LogP contribution is 2.29. The van der Waals surface area contributed by atoms with Crippen LogP contribution in [0.4, 0.5) is 0 Å². The van der Waals surface area contributed by atoms with Crippen molar-refractivity contribution in [2.24, 2.45) is 5.92 Å². The molecule has 2 aromatic carbocycles. The molecule has 0 radical (unpaired) electrons. The van der Waals surface area contributed by atoms with E-state index in [1.54, 1.807) is 30.1 Å². The number of fused-ring (bicyclic) bond motifs is 1. The second-order valence-electron chi connectivity index (χ2n) is 7.72.